The van der Waals surface area contributed by atoms with Gasteiger partial charge in [0, 0.05) is 52.4 Å². The molecule has 0 aliphatic carbocycles. The lowest BCUT2D eigenvalue weighted by molar-refractivity contribution is -0.135. The number of aliphatic imine (C=N–C) groups is 1. The molecule has 1 N–H and O–H groups in total. The van der Waals surface area contributed by atoms with E-state index in [4.69, 9.17) is 4.74 Å². The first-order valence-electron chi connectivity index (χ1n) is 10.6. The molecule has 7 nitrogen and oxygen atoms in total. The SMILES string of the molecule is CN=C(NCCOc1ccc(F)c(F)c1)N1CCN(C(C)C(=O)N2CCCC2)CC1. The van der Waals surface area contributed by atoms with Gasteiger partial charge in [0.2, 0.25) is 5.91 Å². The minimum Gasteiger partial charge on any atom is -0.492 e. The van der Waals surface area contributed by atoms with E-state index >= 15 is 0 Å². The smallest absolute Gasteiger partial charge is 0.239 e. The minimum absolute atomic E-state index is 0.0928. The number of hydrogen-bond acceptors (Lipinski definition) is 4. The quantitative estimate of drug-likeness (QED) is 0.427. The molecular weight excluding hydrogens is 392 g/mol. The highest BCUT2D eigenvalue weighted by Crippen LogP contribution is 2.15. The fourth-order valence-corrected chi connectivity index (χ4v) is 3.91. The van der Waals surface area contributed by atoms with Crippen LogP contribution < -0.4 is 10.1 Å². The zero-order valence-electron chi connectivity index (χ0n) is 17.7. The highest BCUT2D eigenvalue weighted by molar-refractivity contribution is 5.82. The normalized spacial score (nSPS) is 19.1. The number of halogens is 2. The molecule has 2 aliphatic heterocycles. The Labute approximate surface area is 176 Å². The number of nitrogens with one attached hydrogen (secondary N) is 1. The molecule has 2 heterocycles. The molecule has 2 aliphatic rings. The van der Waals surface area contributed by atoms with Gasteiger partial charge < -0.3 is 19.9 Å². The number of hydrogen-bond donors (Lipinski definition) is 1. The highest BCUT2D eigenvalue weighted by atomic mass is 19.2. The van der Waals surface area contributed by atoms with E-state index in [2.05, 4.69) is 20.1 Å². The predicted octanol–water partition coefficient (Wildman–Crippen LogP) is 1.55. The third kappa shape index (κ3) is 5.59. The first-order valence-corrected chi connectivity index (χ1v) is 10.6. The molecule has 0 radical (unpaired) electrons. The van der Waals surface area contributed by atoms with Crippen LogP contribution in [0.4, 0.5) is 8.78 Å². The Hall–Kier alpha value is -2.42. The van der Waals surface area contributed by atoms with Crippen molar-refractivity contribution in [3.63, 3.8) is 0 Å². The first kappa shape index (κ1) is 22.3. The maximum Gasteiger partial charge on any atom is 0.239 e. The van der Waals surface area contributed by atoms with E-state index < -0.39 is 11.6 Å². The standard InChI is InChI=1S/C21H31F2N5O2/c1-16(20(29)27-8-3-4-9-27)26-10-12-28(13-11-26)21(24-2)25-7-14-30-17-5-6-18(22)19(23)15-17/h5-6,15-16H,3-4,7-14H2,1-2H3,(H,24,25). The summed E-state index contributed by atoms with van der Waals surface area (Å²) in [5.41, 5.74) is 0. The molecule has 3 rings (SSSR count). The number of guanidine groups is 1. The Morgan fingerprint density at radius 2 is 1.80 bits per heavy atom. The summed E-state index contributed by atoms with van der Waals surface area (Å²) in [5.74, 6) is -0.529. The van der Waals surface area contributed by atoms with E-state index in [1.807, 2.05) is 11.8 Å². The van der Waals surface area contributed by atoms with Crippen molar-refractivity contribution in [2.45, 2.75) is 25.8 Å². The van der Waals surface area contributed by atoms with E-state index in [0.717, 1.165) is 70.2 Å². The third-order valence-corrected chi connectivity index (χ3v) is 5.69. The number of ether oxygens (including phenoxy) is 1. The van der Waals surface area contributed by atoms with Crippen LogP contribution in [0, 0.1) is 11.6 Å². The number of carbonyl (C=O) groups is 1. The number of likely N-dealkylation sites (tertiary alicyclic amines) is 1. The topological polar surface area (TPSA) is 60.4 Å². The van der Waals surface area contributed by atoms with Crippen molar-refractivity contribution < 1.29 is 18.3 Å². The molecule has 30 heavy (non-hydrogen) atoms. The molecule has 1 aromatic rings. The average molecular weight is 424 g/mol. The minimum atomic E-state index is -0.924. The summed E-state index contributed by atoms with van der Waals surface area (Å²) in [5, 5.41) is 3.24. The molecule has 166 valence electrons. The van der Waals surface area contributed by atoms with Gasteiger partial charge in [-0.25, -0.2) is 8.78 Å². The molecule has 9 heteroatoms. The van der Waals surface area contributed by atoms with Crippen molar-refractivity contribution in [2.75, 3.05) is 59.5 Å². The largest absolute Gasteiger partial charge is 0.492 e. The zero-order chi connectivity index (χ0) is 21.5. The van der Waals surface area contributed by atoms with Crippen LogP contribution in [-0.4, -0.2) is 92.1 Å². The highest BCUT2D eigenvalue weighted by Gasteiger charge is 2.30. The summed E-state index contributed by atoms with van der Waals surface area (Å²) in [6.45, 7) is 7.70. The maximum atomic E-state index is 13.2. The van der Waals surface area contributed by atoms with E-state index in [1.165, 1.54) is 6.07 Å². The van der Waals surface area contributed by atoms with Gasteiger partial charge in [-0.15, -0.1) is 0 Å². The Balaban J connectivity index is 1.40. The monoisotopic (exact) mass is 423 g/mol. The van der Waals surface area contributed by atoms with Crippen molar-refractivity contribution >= 4 is 11.9 Å². The Morgan fingerprint density at radius 1 is 1.10 bits per heavy atom. The average Bonchev–Trinajstić information content (AvgIpc) is 3.30. The lowest BCUT2D eigenvalue weighted by Gasteiger charge is -2.39. The van der Waals surface area contributed by atoms with Crippen molar-refractivity contribution in [3.05, 3.63) is 29.8 Å². The van der Waals surface area contributed by atoms with Crippen LogP contribution in [0.5, 0.6) is 5.75 Å². The Kier molecular flexibility index (Phi) is 7.84. The zero-order valence-corrected chi connectivity index (χ0v) is 17.7. The summed E-state index contributed by atoms with van der Waals surface area (Å²) in [7, 11) is 1.73. The number of rotatable bonds is 6. The van der Waals surface area contributed by atoms with Gasteiger partial charge in [-0.05, 0) is 31.9 Å². The van der Waals surface area contributed by atoms with Gasteiger partial charge in [-0.3, -0.25) is 14.7 Å². The summed E-state index contributed by atoms with van der Waals surface area (Å²) in [6, 6.07) is 3.39. The summed E-state index contributed by atoms with van der Waals surface area (Å²) >= 11 is 0. The Bertz CT molecular complexity index is 747. The molecule has 1 atom stereocenters. The molecule has 1 aromatic carbocycles. The van der Waals surface area contributed by atoms with Crippen molar-refractivity contribution in [2.24, 2.45) is 4.99 Å². The second kappa shape index (κ2) is 10.6. The second-order valence-electron chi connectivity index (χ2n) is 7.63. The van der Waals surface area contributed by atoms with Crippen LogP contribution in [-0.2, 0) is 4.79 Å². The van der Waals surface area contributed by atoms with Gasteiger partial charge in [0.25, 0.3) is 0 Å². The van der Waals surface area contributed by atoms with E-state index in [-0.39, 0.29) is 17.7 Å². The number of amides is 1. The fourth-order valence-electron chi connectivity index (χ4n) is 3.91. The van der Waals surface area contributed by atoms with Gasteiger partial charge in [-0.1, -0.05) is 0 Å². The fraction of sp³-hybridized carbons (Fsp3) is 0.619. The van der Waals surface area contributed by atoms with Crippen molar-refractivity contribution in [1.82, 2.24) is 20.0 Å². The second-order valence-corrected chi connectivity index (χ2v) is 7.63. The van der Waals surface area contributed by atoms with Crippen LogP contribution in [0.2, 0.25) is 0 Å². The van der Waals surface area contributed by atoms with Gasteiger partial charge in [-0.2, -0.15) is 0 Å². The Morgan fingerprint density at radius 3 is 2.43 bits per heavy atom. The summed E-state index contributed by atoms with van der Waals surface area (Å²) in [4.78, 5) is 23.3. The molecule has 2 saturated heterocycles. The molecule has 0 aromatic heterocycles. The predicted molar refractivity (Wildman–Crippen MR) is 112 cm³/mol. The van der Waals surface area contributed by atoms with Crippen LogP contribution in [0.1, 0.15) is 19.8 Å². The molecule has 0 spiro atoms. The molecular formula is C21H31F2N5O2. The molecule has 0 bridgehead atoms. The van der Waals surface area contributed by atoms with Crippen LogP contribution >= 0.6 is 0 Å². The van der Waals surface area contributed by atoms with E-state index in [0.29, 0.717) is 13.2 Å². The molecule has 1 unspecified atom stereocenters. The third-order valence-electron chi connectivity index (χ3n) is 5.69. The van der Waals surface area contributed by atoms with Gasteiger partial charge in [0.05, 0.1) is 12.6 Å². The molecule has 2 fully saturated rings. The molecule has 0 saturated carbocycles. The first-order chi connectivity index (χ1) is 14.5. The molecule has 1 amide bonds. The number of carbonyl (C=O) groups excluding carboxylic acids is 1. The van der Waals surface area contributed by atoms with Gasteiger partial charge in [0.1, 0.15) is 12.4 Å². The summed E-state index contributed by atoms with van der Waals surface area (Å²) in [6.07, 6.45) is 2.21. The van der Waals surface area contributed by atoms with Crippen molar-refractivity contribution in [1.29, 1.82) is 0 Å². The lowest BCUT2D eigenvalue weighted by Crippen LogP contribution is -2.57. The maximum absolute atomic E-state index is 13.2. The van der Waals surface area contributed by atoms with E-state index in [9.17, 15) is 13.6 Å². The number of nitrogens with zero attached hydrogens (tertiary/aromatic N) is 4. The van der Waals surface area contributed by atoms with Crippen molar-refractivity contribution in [3.8, 4) is 5.75 Å². The van der Waals surface area contributed by atoms with Crippen LogP contribution in [0.25, 0.3) is 0 Å². The van der Waals surface area contributed by atoms with E-state index in [1.54, 1.807) is 7.05 Å². The van der Waals surface area contributed by atoms with Gasteiger partial charge >= 0.3 is 0 Å². The lowest BCUT2D eigenvalue weighted by atomic mass is 10.2. The number of benzene rings is 1. The van der Waals surface area contributed by atoms with Gasteiger partial charge in [0.15, 0.2) is 17.6 Å². The van der Waals surface area contributed by atoms with Crippen LogP contribution in [0.3, 0.4) is 0 Å². The van der Waals surface area contributed by atoms with Crippen LogP contribution in [0.15, 0.2) is 23.2 Å². The number of piperazine rings is 1. The summed E-state index contributed by atoms with van der Waals surface area (Å²) < 4.78 is 31.6.